The van der Waals surface area contributed by atoms with Gasteiger partial charge in [0.25, 0.3) is 0 Å². The van der Waals surface area contributed by atoms with Crippen LogP contribution in [0, 0.1) is 0 Å². The quantitative estimate of drug-likeness (QED) is 0.773. The van der Waals surface area contributed by atoms with Crippen LogP contribution in [0.25, 0.3) is 0 Å². The zero-order valence-electron chi connectivity index (χ0n) is 15.0. The van der Waals surface area contributed by atoms with Crippen LogP contribution < -0.4 is 9.47 Å². The van der Waals surface area contributed by atoms with Crippen LogP contribution in [0.2, 0.25) is 5.02 Å². The van der Waals surface area contributed by atoms with Crippen LogP contribution in [0.3, 0.4) is 0 Å². The lowest BCUT2D eigenvalue weighted by Gasteiger charge is -2.23. The molecule has 1 aliphatic heterocycles. The number of carbonyl (C=O) groups is 2. The first-order chi connectivity index (χ1) is 12.0. The molecule has 138 valence electrons. The highest BCUT2D eigenvalue weighted by Gasteiger charge is 2.20. The fraction of sp³-hybridized carbons (Fsp3) is 0.556. The molecule has 0 radical (unpaired) electrons. The molecular formula is C18H25ClN2O4. The van der Waals surface area contributed by atoms with Gasteiger partial charge >= 0.3 is 0 Å². The molecule has 0 N–H and O–H groups in total. The third-order valence-electron chi connectivity index (χ3n) is 4.13. The topological polar surface area (TPSA) is 59.1 Å². The van der Waals surface area contributed by atoms with Gasteiger partial charge in [0.1, 0.15) is 0 Å². The molecule has 2 amide bonds. The van der Waals surface area contributed by atoms with Gasteiger partial charge in [-0.25, -0.2) is 0 Å². The average molecular weight is 369 g/mol. The highest BCUT2D eigenvalue weighted by Crippen LogP contribution is 2.38. The Balaban J connectivity index is 2.03. The number of halogens is 1. The Hall–Kier alpha value is -1.95. The Morgan fingerprint density at radius 1 is 1.12 bits per heavy atom. The van der Waals surface area contributed by atoms with E-state index < -0.39 is 0 Å². The van der Waals surface area contributed by atoms with Crippen molar-refractivity contribution in [3.05, 3.63) is 22.7 Å². The van der Waals surface area contributed by atoms with Crippen molar-refractivity contribution < 1.29 is 19.1 Å². The van der Waals surface area contributed by atoms with E-state index in [-0.39, 0.29) is 24.8 Å². The number of hydrogen-bond donors (Lipinski definition) is 0. The van der Waals surface area contributed by atoms with Gasteiger partial charge in [-0.05, 0) is 31.5 Å². The Labute approximate surface area is 153 Å². The summed E-state index contributed by atoms with van der Waals surface area (Å²) in [6.07, 6.45) is 0.938. The molecule has 0 saturated carbocycles. The van der Waals surface area contributed by atoms with E-state index >= 15 is 0 Å². The lowest BCUT2D eigenvalue weighted by atomic mass is 10.1. The number of rotatable bonds is 6. The summed E-state index contributed by atoms with van der Waals surface area (Å²) in [5.74, 6) is 0.888. The van der Waals surface area contributed by atoms with E-state index in [9.17, 15) is 9.59 Å². The Morgan fingerprint density at radius 3 is 2.48 bits per heavy atom. The number of ether oxygens (including phenoxy) is 2. The van der Waals surface area contributed by atoms with E-state index in [1.54, 1.807) is 24.1 Å². The molecule has 0 unspecified atom stereocenters. The summed E-state index contributed by atoms with van der Waals surface area (Å²) in [6.45, 7) is 6.29. The van der Waals surface area contributed by atoms with Crippen molar-refractivity contribution in [2.24, 2.45) is 0 Å². The summed E-state index contributed by atoms with van der Waals surface area (Å²) < 4.78 is 11.2. The molecule has 0 aliphatic carbocycles. The molecule has 2 rings (SSSR count). The fourth-order valence-corrected chi connectivity index (χ4v) is 2.95. The number of fused-ring (bicyclic) bond motifs is 1. The van der Waals surface area contributed by atoms with Gasteiger partial charge < -0.3 is 19.3 Å². The molecular weight excluding hydrogens is 344 g/mol. The van der Waals surface area contributed by atoms with Crippen LogP contribution in [0.15, 0.2) is 12.1 Å². The zero-order chi connectivity index (χ0) is 18.4. The molecule has 0 atom stereocenters. The predicted molar refractivity (Wildman–Crippen MR) is 96.3 cm³/mol. The first-order valence-electron chi connectivity index (χ1n) is 8.56. The van der Waals surface area contributed by atoms with E-state index in [1.165, 1.54) is 4.90 Å². The van der Waals surface area contributed by atoms with Crippen LogP contribution in [0.5, 0.6) is 11.5 Å². The maximum absolute atomic E-state index is 12.4. The SMILES string of the molecule is CCN(CC)C(=O)CN(C)C(=O)Cc1cc(Cl)c2c(c1)OCCCO2. The molecule has 0 bridgehead atoms. The second kappa shape index (κ2) is 8.94. The van der Waals surface area contributed by atoms with Crippen LogP contribution in [0.1, 0.15) is 25.8 Å². The number of carbonyl (C=O) groups excluding carboxylic acids is 2. The smallest absolute Gasteiger partial charge is 0.242 e. The molecule has 6 nitrogen and oxygen atoms in total. The second-order valence-electron chi connectivity index (χ2n) is 5.95. The summed E-state index contributed by atoms with van der Waals surface area (Å²) in [5, 5.41) is 0.434. The number of nitrogens with zero attached hydrogens (tertiary/aromatic N) is 2. The number of likely N-dealkylation sites (N-methyl/N-ethyl adjacent to an activating group) is 2. The van der Waals surface area contributed by atoms with Gasteiger partial charge in [-0.2, -0.15) is 0 Å². The molecule has 0 fully saturated rings. The molecule has 0 spiro atoms. The normalized spacial score (nSPS) is 13.1. The van der Waals surface area contributed by atoms with Crippen molar-refractivity contribution in [2.75, 3.05) is 39.9 Å². The number of amides is 2. The lowest BCUT2D eigenvalue weighted by Crippen LogP contribution is -2.41. The minimum absolute atomic E-state index is 0.0578. The van der Waals surface area contributed by atoms with Crippen LogP contribution in [0.4, 0.5) is 0 Å². The zero-order valence-corrected chi connectivity index (χ0v) is 15.8. The Kier molecular flexibility index (Phi) is 6.93. The van der Waals surface area contributed by atoms with E-state index in [2.05, 4.69) is 0 Å². The molecule has 0 aromatic heterocycles. The summed E-state index contributed by atoms with van der Waals surface area (Å²) in [7, 11) is 1.63. The third-order valence-corrected chi connectivity index (χ3v) is 4.41. The van der Waals surface area contributed by atoms with Gasteiger partial charge in [-0.15, -0.1) is 0 Å². The van der Waals surface area contributed by atoms with Crippen LogP contribution in [-0.2, 0) is 16.0 Å². The predicted octanol–water partition coefficient (Wildman–Crippen LogP) is 2.37. The largest absolute Gasteiger partial charge is 0.489 e. The van der Waals surface area contributed by atoms with Crippen molar-refractivity contribution in [1.29, 1.82) is 0 Å². The van der Waals surface area contributed by atoms with Gasteiger partial charge in [0.2, 0.25) is 11.8 Å². The number of hydrogen-bond acceptors (Lipinski definition) is 4. The maximum atomic E-state index is 12.4. The molecule has 1 aromatic rings. The van der Waals surface area contributed by atoms with Gasteiger partial charge in [0.15, 0.2) is 11.5 Å². The Bertz CT molecular complexity index is 632. The third kappa shape index (κ3) is 5.01. The van der Waals surface area contributed by atoms with Gasteiger partial charge in [-0.3, -0.25) is 9.59 Å². The molecule has 0 saturated heterocycles. The molecule has 25 heavy (non-hydrogen) atoms. The van der Waals surface area contributed by atoms with Gasteiger partial charge in [0.05, 0.1) is 31.2 Å². The highest BCUT2D eigenvalue weighted by molar-refractivity contribution is 6.32. The average Bonchev–Trinajstić information content (AvgIpc) is 2.81. The monoisotopic (exact) mass is 368 g/mol. The summed E-state index contributed by atoms with van der Waals surface area (Å²) in [6, 6.07) is 3.50. The first-order valence-corrected chi connectivity index (χ1v) is 8.93. The van der Waals surface area contributed by atoms with Crippen molar-refractivity contribution in [1.82, 2.24) is 9.80 Å². The van der Waals surface area contributed by atoms with E-state index in [1.807, 2.05) is 13.8 Å². The highest BCUT2D eigenvalue weighted by atomic mass is 35.5. The van der Waals surface area contributed by atoms with Crippen molar-refractivity contribution in [2.45, 2.75) is 26.7 Å². The fourth-order valence-electron chi connectivity index (χ4n) is 2.66. The first kappa shape index (κ1) is 19.4. The van der Waals surface area contributed by atoms with Gasteiger partial charge in [-0.1, -0.05) is 11.6 Å². The van der Waals surface area contributed by atoms with Gasteiger partial charge in [0, 0.05) is 26.6 Å². The van der Waals surface area contributed by atoms with Crippen molar-refractivity contribution >= 4 is 23.4 Å². The minimum atomic E-state index is -0.147. The second-order valence-corrected chi connectivity index (χ2v) is 6.36. The van der Waals surface area contributed by atoms with Crippen molar-refractivity contribution in [3.8, 4) is 11.5 Å². The van der Waals surface area contributed by atoms with Crippen molar-refractivity contribution in [3.63, 3.8) is 0 Å². The van der Waals surface area contributed by atoms with E-state index in [0.717, 1.165) is 12.0 Å². The Morgan fingerprint density at radius 2 is 1.80 bits per heavy atom. The molecule has 1 aliphatic rings. The maximum Gasteiger partial charge on any atom is 0.242 e. The summed E-state index contributed by atoms with van der Waals surface area (Å²) in [4.78, 5) is 27.7. The van der Waals surface area contributed by atoms with E-state index in [0.29, 0.717) is 42.8 Å². The number of benzene rings is 1. The lowest BCUT2D eigenvalue weighted by molar-refractivity contribution is -0.138. The summed E-state index contributed by atoms with van der Waals surface area (Å²) >= 11 is 6.26. The summed E-state index contributed by atoms with van der Waals surface area (Å²) in [5.41, 5.74) is 0.737. The molecule has 7 heteroatoms. The molecule has 1 aromatic carbocycles. The van der Waals surface area contributed by atoms with E-state index in [4.69, 9.17) is 21.1 Å². The van der Waals surface area contributed by atoms with Crippen LogP contribution in [-0.4, -0.2) is 61.5 Å². The van der Waals surface area contributed by atoms with Crippen LogP contribution >= 0.6 is 11.6 Å². The molecule has 1 heterocycles. The minimum Gasteiger partial charge on any atom is -0.489 e. The standard InChI is InChI=1S/C18H25ClN2O4/c1-4-21(5-2)17(23)12-20(3)16(22)11-13-9-14(19)18-15(10-13)24-7-6-8-25-18/h9-10H,4-8,11-12H2,1-3H3.